The number of nitrogens with zero attached hydrogens (tertiary/aromatic N) is 1. The molecule has 0 fully saturated rings. The lowest BCUT2D eigenvalue weighted by atomic mass is 9.95. The molecule has 0 aliphatic rings. The Labute approximate surface area is 309 Å². The predicted octanol–water partition coefficient (Wildman–Crippen LogP) is 14.8. The standard InChI is InChI=1S/C52H35N/c1-2-12-37(13-3-1)46-23-11-17-41-34-40(28-33-49(41)46)36-24-29-43(30-25-36)53(52-35-42-15-5-7-19-48(42)50-20-8-9-21-51(50)52)44-31-26-39(27-32-44)47-22-10-16-38-14-4-6-18-45(38)47/h1-35H. The van der Waals surface area contributed by atoms with Gasteiger partial charge in [0.05, 0.1) is 5.69 Å². The monoisotopic (exact) mass is 673 g/mol. The fourth-order valence-electron chi connectivity index (χ4n) is 8.05. The Kier molecular flexibility index (Phi) is 7.55. The van der Waals surface area contributed by atoms with Crippen LogP contribution in [0.15, 0.2) is 212 Å². The summed E-state index contributed by atoms with van der Waals surface area (Å²) in [6.45, 7) is 0. The van der Waals surface area contributed by atoms with Crippen molar-refractivity contribution < 1.29 is 0 Å². The predicted molar refractivity (Wildman–Crippen MR) is 227 cm³/mol. The highest BCUT2D eigenvalue weighted by Crippen LogP contribution is 2.43. The van der Waals surface area contributed by atoms with Crippen LogP contribution in [0.4, 0.5) is 17.1 Å². The summed E-state index contributed by atoms with van der Waals surface area (Å²) in [6.07, 6.45) is 0. The molecule has 1 nitrogen and oxygen atoms in total. The molecule has 10 aromatic carbocycles. The van der Waals surface area contributed by atoms with E-state index in [1.54, 1.807) is 0 Å². The molecule has 248 valence electrons. The topological polar surface area (TPSA) is 3.24 Å². The SMILES string of the molecule is c1ccc(-c2cccc3cc(-c4ccc(N(c5ccc(-c6cccc7ccccc67)cc5)c5cc6ccccc6c6ccccc56)cc4)ccc23)cc1. The van der Waals surface area contributed by atoms with Crippen molar-refractivity contribution in [3.05, 3.63) is 212 Å². The maximum atomic E-state index is 2.41. The second-order valence-corrected chi connectivity index (χ2v) is 13.7. The van der Waals surface area contributed by atoms with Gasteiger partial charge >= 0.3 is 0 Å². The van der Waals surface area contributed by atoms with Gasteiger partial charge in [-0.25, -0.2) is 0 Å². The molecule has 0 aliphatic carbocycles. The van der Waals surface area contributed by atoms with E-state index in [2.05, 4.69) is 217 Å². The Morgan fingerprint density at radius 3 is 1.43 bits per heavy atom. The minimum atomic E-state index is 1.11. The van der Waals surface area contributed by atoms with Crippen molar-refractivity contribution in [2.45, 2.75) is 0 Å². The molecule has 0 aliphatic heterocycles. The molecular weight excluding hydrogens is 639 g/mol. The number of anilines is 3. The lowest BCUT2D eigenvalue weighted by Crippen LogP contribution is -2.10. The molecule has 0 heterocycles. The summed E-state index contributed by atoms with van der Waals surface area (Å²) in [4.78, 5) is 2.41. The Bertz CT molecular complexity index is 2920. The summed E-state index contributed by atoms with van der Waals surface area (Å²) in [5.74, 6) is 0. The van der Waals surface area contributed by atoms with Crippen molar-refractivity contribution in [3.63, 3.8) is 0 Å². The van der Waals surface area contributed by atoms with Crippen LogP contribution >= 0.6 is 0 Å². The summed E-state index contributed by atoms with van der Waals surface area (Å²) >= 11 is 0. The highest BCUT2D eigenvalue weighted by molar-refractivity contribution is 6.14. The van der Waals surface area contributed by atoms with Crippen LogP contribution in [0, 0.1) is 0 Å². The molecule has 10 rings (SSSR count). The summed E-state index contributed by atoms with van der Waals surface area (Å²) in [5, 5.41) is 9.98. The normalized spacial score (nSPS) is 11.4. The van der Waals surface area contributed by atoms with Crippen LogP contribution < -0.4 is 4.90 Å². The van der Waals surface area contributed by atoms with Crippen LogP contribution in [0.2, 0.25) is 0 Å². The average molecular weight is 674 g/mol. The van der Waals surface area contributed by atoms with Crippen molar-refractivity contribution in [3.8, 4) is 33.4 Å². The summed E-state index contributed by atoms with van der Waals surface area (Å²) < 4.78 is 0. The molecule has 0 aromatic heterocycles. The van der Waals surface area contributed by atoms with Crippen LogP contribution in [0.25, 0.3) is 76.5 Å². The van der Waals surface area contributed by atoms with Crippen LogP contribution in [0.3, 0.4) is 0 Å². The first-order chi connectivity index (χ1) is 26.3. The van der Waals surface area contributed by atoms with Gasteiger partial charge in [-0.05, 0) is 107 Å². The molecular formula is C52H35N. The Hall–Kier alpha value is -6.96. The third-order valence-electron chi connectivity index (χ3n) is 10.6. The Morgan fingerprint density at radius 1 is 0.245 bits per heavy atom. The number of hydrogen-bond donors (Lipinski definition) is 0. The minimum absolute atomic E-state index is 1.11. The minimum Gasteiger partial charge on any atom is -0.310 e. The highest BCUT2D eigenvalue weighted by atomic mass is 15.1. The smallest absolute Gasteiger partial charge is 0.0546 e. The number of benzene rings is 10. The van der Waals surface area contributed by atoms with E-state index in [4.69, 9.17) is 0 Å². The second-order valence-electron chi connectivity index (χ2n) is 13.7. The maximum Gasteiger partial charge on any atom is 0.0546 e. The van der Waals surface area contributed by atoms with Gasteiger partial charge < -0.3 is 4.90 Å². The zero-order valence-electron chi connectivity index (χ0n) is 29.2. The Balaban J connectivity index is 1.09. The molecule has 1 heteroatoms. The van der Waals surface area contributed by atoms with Crippen molar-refractivity contribution in [2.75, 3.05) is 4.90 Å². The molecule has 0 saturated heterocycles. The molecule has 0 bridgehead atoms. The first kappa shape index (κ1) is 30.8. The van der Waals surface area contributed by atoms with Crippen molar-refractivity contribution >= 4 is 60.2 Å². The number of fused-ring (bicyclic) bond motifs is 5. The van der Waals surface area contributed by atoms with E-state index in [1.807, 2.05) is 0 Å². The number of rotatable bonds is 6. The molecule has 0 N–H and O–H groups in total. The van der Waals surface area contributed by atoms with Crippen LogP contribution in [-0.2, 0) is 0 Å². The van der Waals surface area contributed by atoms with Crippen LogP contribution in [0.1, 0.15) is 0 Å². The van der Waals surface area contributed by atoms with E-state index in [1.165, 1.54) is 76.5 Å². The summed E-state index contributed by atoms with van der Waals surface area (Å²) in [5.41, 5.74) is 10.7. The molecule has 0 atom stereocenters. The zero-order valence-corrected chi connectivity index (χ0v) is 29.2. The third kappa shape index (κ3) is 5.51. The van der Waals surface area contributed by atoms with Gasteiger partial charge in [-0.3, -0.25) is 0 Å². The lowest BCUT2D eigenvalue weighted by molar-refractivity contribution is 1.30. The van der Waals surface area contributed by atoms with E-state index in [0.717, 1.165) is 17.1 Å². The molecule has 0 spiro atoms. The van der Waals surface area contributed by atoms with Crippen molar-refractivity contribution in [2.24, 2.45) is 0 Å². The van der Waals surface area contributed by atoms with Gasteiger partial charge in [-0.1, -0.05) is 176 Å². The first-order valence-corrected chi connectivity index (χ1v) is 18.3. The van der Waals surface area contributed by atoms with Gasteiger partial charge in [0.25, 0.3) is 0 Å². The molecule has 0 amide bonds. The van der Waals surface area contributed by atoms with E-state index < -0.39 is 0 Å². The molecule has 0 unspecified atom stereocenters. The van der Waals surface area contributed by atoms with E-state index in [-0.39, 0.29) is 0 Å². The van der Waals surface area contributed by atoms with Gasteiger partial charge in [0, 0.05) is 16.8 Å². The molecule has 0 saturated carbocycles. The number of hydrogen-bond acceptors (Lipinski definition) is 1. The molecule has 53 heavy (non-hydrogen) atoms. The van der Waals surface area contributed by atoms with E-state index >= 15 is 0 Å². The van der Waals surface area contributed by atoms with Gasteiger partial charge in [0.2, 0.25) is 0 Å². The van der Waals surface area contributed by atoms with Crippen molar-refractivity contribution in [1.29, 1.82) is 0 Å². The fourth-order valence-corrected chi connectivity index (χ4v) is 8.05. The molecule has 0 radical (unpaired) electrons. The van der Waals surface area contributed by atoms with Gasteiger partial charge in [-0.15, -0.1) is 0 Å². The van der Waals surface area contributed by atoms with E-state index in [0.29, 0.717) is 0 Å². The maximum absolute atomic E-state index is 2.41. The highest BCUT2D eigenvalue weighted by Gasteiger charge is 2.18. The van der Waals surface area contributed by atoms with E-state index in [9.17, 15) is 0 Å². The average Bonchev–Trinajstić information content (AvgIpc) is 3.24. The summed E-state index contributed by atoms with van der Waals surface area (Å²) in [7, 11) is 0. The van der Waals surface area contributed by atoms with Gasteiger partial charge in [0.1, 0.15) is 0 Å². The summed E-state index contributed by atoms with van der Waals surface area (Å²) in [6, 6.07) is 77.2. The first-order valence-electron chi connectivity index (χ1n) is 18.3. The quantitative estimate of drug-likeness (QED) is 0.159. The third-order valence-corrected chi connectivity index (χ3v) is 10.6. The van der Waals surface area contributed by atoms with Gasteiger partial charge in [0.15, 0.2) is 0 Å². The second kappa shape index (κ2) is 13.0. The van der Waals surface area contributed by atoms with Gasteiger partial charge in [-0.2, -0.15) is 0 Å². The largest absolute Gasteiger partial charge is 0.310 e. The van der Waals surface area contributed by atoms with Crippen LogP contribution in [-0.4, -0.2) is 0 Å². The lowest BCUT2D eigenvalue weighted by Gasteiger charge is -2.28. The fraction of sp³-hybridized carbons (Fsp3) is 0. The van der Waals surface area contributed by atoms with Crippen molar-refractivity contribution in [1.82, 2.24) is 0 Å². The zero-order chi connectivity index (χ0) is 35.1. The van der Waals surface area contributed by atoms with Crippen LogP contribution in [0.5, 0.6) is 0 Å². The molecule has 10 aromatic rings. The Morgan fingerprint density at radius 2 is 0.717 bits per heavy atom.